The van der Waals surface area contributed by atoms with Gasteiger partial charge in [0.15, 0.2) is 11.6 Å². The van der Waals surface area contributed by atoms with Crippen LogP contribution in [0.3, 0.4) is 0 Å². The molecule has 0 N–H and O–H groups in total. The summed E-state index contributed by atoms with van der Waals surface area (Å²) >= 11 is 0. The summed E-state index contributed by atoms with van der Waals surface area (Å²) in [6, 6.07) is 14.4. The monoisotopic (exact) mass is 342 g/mol. The molecule has 0 aromatic heterocycles. The van der Waals surface area contributed by atoms with Gasteiger partial charge in [-0.2, -0.15) is 0 Å². The lowest BCUT2D eigenvalue weighted by Crippen LogP contribution is -1.96. The van der Waals surface area contributed by atoms with E-state index in [0.29, 0.717) is 34.4 Å². The minimum Gasteiger partial charge on any atom is -0.497 e. The minimum atomic E-state index is -0.859. The van der Waals surface area contributed by atoms with Crippen molar-refractivity contribution < 1.29 is 17.9 Å². The molecule has 0 aliphatic carbocycles. The van der Waals surface area contributed by atoms with Crippen molar-refractivity contribution in [2.45, 2.75) is 13.3 Å². The van der Waals surface area contributed by atoms with Crippen LogP contribution in [0.4, 0.5) is 13.2 Å². The Morgan fingerprint density at radius 1 is 0.760 bits per heavy atom. The molecule has 1 nitrogen and oxygen atoms in total. The molecule has 3 rings (SSSR count). The van der Waals surface area contributed by atoms with Crippen LogP contribution >= 0.6 is 0 Å². The van der Waals surface area contributed by atoms with Gasteiger partial charge in [0.25, 0.3) is 0 Å². The Hall–Kier alpha value is -2.75. The molecule has 0 atom stereocenters. The number of hydrogen-bond acceptors (Lipinski definition) is 1. The minimum absolute atomic E-state index is 0.191. The second-order valence-corrected chi connectivity index (χ2v) is 5.68. The van der Waals surface area contributed by atoms with Gasteiger partial charge in [-0.05, 0) is 35.2 Å². The van der Waals surface area contributed by atoms with Gasteiger partial charge in [0, 0.05) is 17.2 Å². The Morgan fingerprint density at radius 3 is 1.92 bits per heavy atom. The Kier molecular flexibility index (Phi) is 4.79. The van der Waals surface area contributed by atoms with Gasteiger partial charge in [-0.1, -0.05) is 43.3 Å². The standard InChI is InChI=1S/C21H17F3O/c1-3-13-8-10-18(21(24)20(13)23)15-6-4-14(5-7-15)17-11-9-16(25-2)12-19(17)22/h4-12H,3H2,1-2H3. The van der Waals surface area contributed by atoms with E-state index in [1.54, 1.807) is 55.5 Å². The molecule has 3 aromatic carbocycles. The van der Waals surface area contributed by atoms with Crippen LogP contribution in [0.15, 0.2) is 54.6 Å². The molecule has 0 radical (unpaired) electrons. The van der Waals surface area contributed by atoms with Crippen LogP contribution in [-0.2, 0) is 6.42 Å². The van der Waals surface area contributed by atoms with E-state index in [1.807, 2.05) is 0 Å². The lowest BCUT2D eigenvalue weighted by atomic mass is 9.98. The zero-order chi connectivity index (χ0) is 18.0. The van der Waals surface area contributed by atoms with Crippen LogP contribution in [0.1, 0.15) is 12.5 Å². The van der Waals surface area contributed by atoms with Crippen LogP contribution in [0, 0.1) is 17.5 Å². The van der Waals surface area contributed by atoms with Gasteiger partial charge in [0.1, 0.15) is 11.6 Å². The third-order valence-corrected chi connectivity index (χ3v) is 4.23. The Labute approximate surface area is 144 Å². The van der Waals surface area contributed by atoms with Crippen LogP contribution in [0.5, 0.6) is 5.75 Å². The maximum absolute atomic E-state index is 14.3. The van der Waals surface area contributed by atoms with E-state index in [4.69, 9.17) is 4.74 Å². The predicted molar refractivity (Wildman–Crippen MR) is 93.1 cm³/mol. The van der Waals surface area contributed by atoms with Crippen molar-refractivity contribution in [3.8, 4) is 28.0 Å². The van der Waals surface area contributed by atoms with E-state index in [9.17, 15) is 13.2 Å². The van der Waals surface area contributed by atoms with Crippen molar-refractivity contribution in [3.05, 3.63) is 77.6 Å². The van der Waals surface area contributed by atoms with E-state index in [-0.39, 0.29) is 5.56 Å². The van der Waals surface area contributed by atoms with Crippen LogP contribution in [0.2, 0.25) is 0 Å². The number of aryl methyl sites for hydroxylation is 1. The Bertz CT molecular complexity index is 902. The summed E-state index contributed by atoms with van der Waals surface area (Å²) in [5.74, 6) is -1.64. The van der Waals surface area contributed by atoms with Crippen molar-refractivity contribution >= 4 is 0 Å². The fourth-order valence-electron chi connectivity index (χ4n) is 2.77. The van der Waals surface area contributed by atoms with E-state index < -0.39 is 17.5 Å². The van der Waals surface area contributed by atoms with Gasteiger partial charge in [0.05, 0.1) is 7.11 Å². The molecule has 3 aromatic rings. The first-order valence-electron chi connectivity index (χ1n) is 7.96. The largest absolute Gasteiger partial charge is 0.497 e. The number of methoxy groups -OCH3 is 1. The molecule has 128 valence electrons. The van der Waals surface area contributed by atoms with Crippen molar-refractivity contribution in [1.82, 2.24) is 0 Å². The first kappa shape index (κ1) is 17.1. The molecule has 0 bridgehead atoms. The summed E-state index contributed by atoms with van der Waals surface area (Å²) in [5, 5.41) is 0. The fourth-order valence-corrected chi connectivity index (χ4v) is 2.77. The van der Waals surface area contributed by atoms with Gasteiger partial charge in [-0.25, -0.2) is 13.2 Å². The smallest absolute Gasteiger partial charge is 0.166 e. The van der Waals surface area contributed by atoms with E-state index >= 15 is 0 Å². The first-order chi connectivity index (χ1) is 12.0. The number of ether oxygens (including phenoxy) is 1. The Morgan fingerprint density at radius 2 is 1.36 bits per heavy atom. The average Bonchev–Trinajstić information content (AvgIpc) is 2.64. The van der Waals surface area contributed by atoms with Crippen molar-refractivity contribution in [2.24, 2.45) is 0 Å². The number of hydrogen-bond donors (Lipinski definition) is 0. The van der Waals surface area contributed by atoms with Crippen LogP contribution in [0.25, 0.3) is 22.3 Å². The van der Waals surface area contributed by atoms with Crippen molar-refractivity contribution in [2.75, 3.05) is 7.11 Å². The number of rotatable bonds is 4. The maximum atomic E-state index is 14.3. The van der Waals surface area contributed by atoms with E-state index in [1.165, 1.54) is 13.2 Å². The number of halogens is 3. The van der Waals surface area contributed by atoms with E-state index in [2.05, 4.69) is 0 Å². The fraction of sp³-hybridized carbons (Fsp3) is 0.143. The highest BCUT2D eigenvalue weighted by Crippen LogP contribution is 2.31. The third-order valence-electron chi connectivity index (χ3n) is 4.23. The molecule has 0 saturated carbocycles. The summed E-state index contributed by atoms with van der Waals surface area (Å²) in [5.41, 5.74) is 2.14. The second kappa shape index (κ2) is 7.01. The first-order valence-corrected chi connectivity index (χ1v) is 7.96. The van der Waals surface area contributed by atoms with Gasteiger partial charge in [-0.3, -0.25) is 0 Å². The molecular formula is C21H17F3O. The maximum Gasteiger partial charge on any atom is 0.166 e. The van der Waals surface area contributed by atoms with Gasteiger partial charge in [-0.15, -0.1) is 0 Å². The highest BCUT2D eigenvalue weighted by Gasteiger charge is 2.14. The molecule has 25 heavy (non-hydrogen) atoms. The molecule has 0 fully saturated rings. The molecule has 4 heteroatoms. The second-order valence-electron chi connectivity index (χ2n) is 5.68. The van der Waals surface area contributed by atoms with Crippen molar-refractivity contribution in [3.63, 3.8) is 0 Å². The molecule has 0 aliphatic rings. The Balaban J connectivity index is 1.97. The molecule has 0 spiro atoms. The predicted octanol–water partition coefficient (Wildman–Crippen LogP) is 6.01. The third kappa shape index (κ3) is 3.25. The molecule has 0 unspecified atom stereocenters. The van der Waals surface area contributed by atoms with Crippen molar-refractivity contribution in [1.29, 1.82) is 0 Å². The zero-order valence-electron chi connectivity index (χ0n) is 13.9. The molecule has 0 aliphatic heterocycles. The highest BCUT2D eigenvalue weighted by atomic mass is 19.2. The lowest BCUT2D eigenvalue weighted by Gasteiger charge is -2.10. The SMILES string of the molecule is CCc1ccc(-c2ccc(-c3ccc(OC)cc3F)cc2)c(F)c1F. The van der Waals surface area contributed by atoms with E-state index in [0.717, 1.165) is 0 Å². The molecule has 0 saturated heterocycles. The van der Waals surface area contributed by atoms with Gasteiger partial charge in [0.2, 0.25) is 0 Å². The van der Waals surface area contributed by atoms with Crippen LogP contribution < -0.4 is 4.74 Å². The average molecular weight is 342 g/mol. The summed E-state index contributed by atoms with van der Waals surface area (Å²) in [6.07, 6.45) is 0.429. The normalized spacial score (nSPS) is 10.8. The highest BCUT2D eigenvalue weighted by molar-refractivity contribution is 5.71. The lowest BCUT2D eigenvalue weighted by molar-refractivity contribution is 0.411. The molecule has 0 heterocycles. The van der Waals surface area contributed by atoms with Gasteiger partial charge < -0.3 is 4.74 Å². The quantitative estimate of drug-likeness (QED) is 0.564. The topological polar surface area (TPSA) is 9.23 Å². The summed E-state index contributed by atoms with van der Waals surface area (Å²) in [6.45, 7) is 1.77. The number of benzene rings is 3. The molecular weight excluding hydrogens is 325 g/mol. The summed E-state index contributed by atoms with van der Waals surface area (Å²) in [7, 11) is 1.47. The molecule has 0 amide bonds. The zero-order valence-corrected chi connectivity index (χ0v) is 13.9. The van der Waals surface area contributed by atoms with Crippen LogP contribution in [-0.4, -0.2) is 7.11 Å². The van der Waals surface area contributed by atoms with Gasteiger partial charge >= 0.3 is 0 Å². The summed E-state index contributed by atoms with van der Waals surface area (Å²) in [4.78, 5) is 0. The summed E-state index contributed by atoms with van der Waals surface area (Å²) < 4.78 is 47.4.